The number of ketones is 1. The van der Waals surface area contributed by atoms with Crippen molar-refractivity contribution in [1.29, 1.82) is 0 Å². The summed E-state index contributed by atoms with van der Waals surface area (Å²) in [5, 5.41) is 6.10. The number of fused-ring (bicyclic) bond motifs is 1. The van der Waals surface area contributed by atoms with Crippen LogP contribution in [0.15, 0.2) is 18.2 Å². The van der Waals surface area contributed by atoms with Crippen molar-refractivity contribution in [3.05, 3.63) is 29.3 Å². The molecule has 0 radical (unpaired) electrons. The van der Waals surface area contributed by atoms with E-state index in [1.807, 2.05) is 18.2 Å². The summed E-state index contributed by atoms with van der Waals surface area (Å²) in [6.07, 6.45) is 3.18. The third-order valence-corrected chi connectivity index (χ3v) is 3.99. The number of nitrogens with one attached hydrogen (secondary N) is 2. The van der Waals surface area contributed by atoms with Gasteiger partial charge in [-0.05, 0) is 55.6 Å². The number of benzene rings is 1. The minimum absolute atomic E-state index is 0.0120. The number of hydrogen-bond acceptors (Lipinski definition) is 3. The van der Waals surface area contributed by atoms with Gasteiger partial charge in [-0.1, -0.05) is 0 Å². The summed E-state index contributed by atoms with van der Waals surface area (Å²) >= 11 is 0. The number of carbonyl (C=O) groups is 2. The highest BCUT2D eigenvalue weighted by atomic mass is 16.1. The Kier molecular flexibility index (Phi) is 3.34. The second-order valence-electron chi connectivity index (χ2n) is 5.42. The standard InChI is InChI=1S/C15H18N2O2/c18-14(7-10-3-5-16-6-4-10)11-1-2-13-12(8-11)9-15(19)17-13/h1-2,8,10,16H,3-7,9H2,(H,17,19). The average molecular weight is 258 g/mol. The molecule has 1 aromatic carbocycles. The molecule has 3 rings (SSSR count). The molecule has 100 valence electrons. The van der Waals surface area contributed by atoms with Gasteiger partial charge in [0.25, 0.3) is 0 Å². The van der Waals surface area contributed by atoms with E-state index in [4.69, 9.17) is 0 Å². The zero-order chi connectivity index (χ0) is 13.2. The van der Waals surface area contributed by atoms with Gasteiger partial charge in [-0.15, -0.1) is 0 Å². The Morgan fingerprint density at radius 2 is 2.05 bits per heavy atom. The quantitative estimate of drug-likeness (QED) is 0.812. The van der Waals surface area contributed by atoms with E-state index in [1.54, 1.807) is 0 Å². The molecule has 1 amide bonds. The summed E-state index contributed by atoms with van der Waals surface area (Å²) in [4.78, 5) is 23.6. The summed E-state index contributed by atoms with van der Waals surface area (Å²) in [6.45, 7) is 2.03. The number of piperidine rings is 1. The highest BCUT2D eigenvalue weighted by Gasteiger charge is 2.21. The van der Waals surface area contributed by atoms with Crippen LogP contribution in [0.3, 0.4) is 0 Å². The number of anilines is 1. The lowest BCUT2D eigenvalue weighted by atomic mass is 9.90. The van der Waals surface area contributed by atoms with E-state index < -0.39 is 0 Å². The number of rotatable bonds is 3. The average Bonchev–Trinajstić information content (AvgIpc) is 2.78. The van der Waals surface area contributed by atoms with Crippen molar-refractivity contribution >= 4 is 17.4 Å². The zero-order valence-corrected chi connectivity index (χ0v) is 10.9. The first-order valence-electron chi connectivity index (χ1n) is 6.89. The van der Waals surface area contributed by atoms with E-state index >= 15 is 0 Å². The highest BCUT2D eigenvalue weighted by Crippen LogP contribution is 2.26. The molecule has 0 saturated carbocycles. The largest absolute Gasteiger partial charge is 0.326 e. The molecule has 1 saturated heterocycles. The molecule has 0 aliphatic carbocycles. The van der Waals surface area contributed by atoms with Crippen molar-refractivity contribution in [3.63, 3.8) is 0 Å². The molecule has 1 fully saturated rings. The number of hydrogen-bond donors (Lipinski definition) is 2. The molecule has 0 unspecified atom stereocenters. The molecule has 19 heavy (non-hydrogen) atoms. The second-order valence-corrected chi connectivity index (χ2v) is 5.42. The van der Waals surface area contributed by atoms with Crippen LogP contribution < -0.4 is 10.6 Å². The molecule has 1 aromatic rings. The minimum Gasteiger partial charge on any atom is -0.326 e. The molecule has 0 atom stereocenters. The zero-order valence-electron chi connectivity index (χ0n) is 10.9. The summed E-state index contributed by atoms with van der Waals surface area (Å²) in [5.74, 6) is 0.716. The predicted molar refractivity (Wildman–Crippen MR) is 73.3 cm³/mol. The first-order chi connectivity index (χ1) is 9.22. The molecular formula is C15H18N2O2. The minimum atomic E-state index is 0.0120. The lowest BCUT2D eigenvalue weighted by Crippen LogP contribution is -2.28. The van der Waals surface area contributed by atoms with Crippen LogP contribution in [0.5, 0.6) is 0 Å². The van der Waals surface area contributed by atoms with Gasteiger partial charge in [-0.3, -0.25) is 9.59 Å². The van der Waals surface area contributed by atoms with Gasteiger partial charge in [0.15, 0.2) is 5.78 Å². The maximum absolute atomic E-state index is 12.3. The van der Waals surface area contributed by atoms with E-state index in [-0.39, 0.29) is 11.7 Å². The first kappa shape index (κ1) is 12.4. The van der Waals surface area contributed by atoms with Crippen LogP contribution in [0, 0.1) is 5.92 Å². The smallest absolute Gasteiger partial charge is 0.228 e. The molecular weight excluding hydrogens is 240 g/mol. The van der Waals surface area contributed by atoms with Crippen LogP contribution in [0.25, 0.3) is 0 Å². The molecule has 0 aromatic heterocycles. The van der Waals surface area contributed by atoms with Crippen molar-refractivity contribution in [2.75, 3.05) is 18.4 Å². The molecule has 2 heterocycles. The van der Waals surface area contributed by atoms with E-state index in [0.29, 0.717) is 18.8 Å². The van der Waals surface area contributed by atoms with Crippen molar-refractivity contribution in [2.45, 2.75) is 25.7 Å². The van der Waals surface area contributed by atoms with E-state index in [0.717, 1.165) is 42.7 Å². The number of Topliss-reactive ketones (excluding diaryl/α,β-unsaturated/α-hetero) is 1. The van der Waals surface area contributed by atoms with Crippen molar-refractivity contribution in [1.82, 2.24) is 5.32 Å². The van der Waals surface area contributed by atoms with Crippen LogP contribution in [0.1, 0.15) is 35.2 Å². The molecule has 2 N–H and O–H groups in total. The Morgan fingerprint density at radius 1 is 1.26 bits per heavy atom. The van der Waals surface area contributed by atoms with Crippen LogP contribution in [0.4, 0.5) is 5.69 Å². The number of carbonyl (C=O) groups excluding carboxylic acids is 2. The van der Waals surface area contributed by atoms with Crippen LogP contribution in [0.2, 0.25) is 0 Å². The number of amides is 1. The third-order valence-electron chi connectivity index (χ3n) is 3.99. The molecule has 4 nitrogen and oxygen atoms in total. The fourth-order valence-electron chi connectivity index (χ4n) is 2.87. The Labute approximate surface area is 112 Å². The van der Waals surface area contributed by atoms with Gasteiger partial charge in [-0.2, -0.15) is 0 Å². The van der Waals surface area contributed by atoms with E-state index in [2.05, 4.69) is 10.6 Å². The van der Waals surface area contributed by atoms with Crippen molar-refractivity contribution in [2.24, 2.45) is 5.92 Å². The summed E-state index contributed by atoms with van der Waals surface area (Å²) in [5.41, 5.74) is 2.54. The maximum Gasteiger partial charge on any atom is 0.228 e. The Bertz CT molecular complexity index is 519. The first-order valence-corrected chi connectivity index (χ1v) is 6.89. The second kappa shape index (κ2) is 5.13. The summed E-state index contributed by atoms with van der Waals surface area (Å²) in [6, 6.07) is 5.54. The van der Waals surface area contributed by atoms with Gasteiger partial charge < -0.3 is 10.6 Å². The van der Waals surface area contributed by atoms with Gasteiger partial charge in [0.05, 0.1) is 6.42 Å². The normalized spacial score (nSPS) is 19.1. The highest BCUT2D eigenvalue weighted by molar-refractivity contribution is 6.02. The van der Waals surface area contributed by atoms with Crippen LogP contribution >= 0.6 is 0 Å². The summed E-state index contributed by atoms with van der Waals surface area (Å²) in [7, 11) is 0. The van der Waals surface area contributed by atoms with Crippen molar-refractivity contribution < 1.29 is 9.59 Å². The molecule has 0 bridgehead atoms. The third kappa shape index (κ3) is 2.68. The van der Waals surface area contributed by atoms with Crippen molar-refractivity contribution in [3.8, 4) is 0 Å². The van der Waals surface area contributed by atoms with Crippen LogP contribution in [-0.2, 0) is 11.2 Å². The van der Waals surface area contributed by atoms with E-state index in [1.165, 1.54) is 0 Å². The predicted octanol–water partition coefficient (Wildman–Crippen LogP) is 1.75. The lowest BCUT2D eigenvalue weighted by Gasteiger charge is -2.21. The van der Waals surface area contributed by atoms with Gasteiger partial charge >= 0.3 is 0 Å². The topological polar surface area (TPSA) is 58.2 Å². The fourth-order valence-corrected chi connectivity index (χ4v) is 2.87. The Hall–Kier alpha value is -1.68. The maximum atomic E-state index is 12.3. The van der Waals surface area contributed by atoms with Gasteiger partial charge in [0, 0.05) is 17.7 Å². The monoisotopic (exact) mass is 258 g/mol. The van der Waals surface area contributed by atoms with Gasteiger partial charge in [0.1, 0.15) is 0 Å². The summed E-state index contributed by atoms with van der Waals surface area (Å²) < 4.78 is 0. The SMILES string of the molecule is O=C1Cc2cc(C(=O)CC3CCNCC3)ccc2N1. The molecule has 4 heteroatoms. The fraction of sp³-hybridized carbons (Fsp3) is 0.467. The van der Waals surface area contributed by atoms with Crippen LogP contribution in [-0.4, -0.2) is 24.8 Å². The molecule has 0 spiro atoms. The Morgan fingerprint density at radius 3 is 2.84 bits per heavy atom. The molecule has 2 aliphatic rings. The Balaban J connectivity index is 1.70. The van der Waals surface area contributed by atoms with E-state index in [9.17, 15) is 9.59 Å². The van der Waals surface area contributed by atoms with Gasteiger partial charge in [-0.25, -0.2) is 0 Å². The van der Waals surface area contributed by atoms with Gasteiger partial charge in [0.2, 0.25) is 5.91 Å². The lowest BCUT2D eigenvalue weighted by molar-refractivity contribution is -0.115. The molecule has 2 aliphatic heterocycles.